The number of hydrogen-bond acceptors (Lipinski definition) is 4. The molecule has 26 heavy (non-hydrogen) atoms. The summed E-state index contributed by atoms with van der Waals surface area (Å²) >= 11 is 0. The monoisotopic (exact) mass is 354 g/mol. The molecule has 6 nitrogen and oxygen atoms in total. The largest absolute Gasteiger partial charge is 0.492 e. The fourth-order valence-electron chi connectivity index (χ4n) is 2.98. The number of pyridine rings is 1. The summed E-state index contributed by atoms with van der Waals surface area (Å²) in [4.78, 5) is 41.0. The summed E-state index contributed by atoms with van der Waals surface area (Å²) in [7, 11) is 1.61. The van der Waals surface area contributed by atoms with E-state index in [9.17, 15) is 14.4 Å². The number of fused-ring (bicyclic) bond motifs is 1. The van der Waals surface area contributed by atoms with Crippen LogP contribution < -0.4 is 10.3 Å². The van der Waals surface area contributed by atoms with E-state index < -0.39 is 11.5 Å². The van der Waals surface area contributed by atoms with Gasteiger partial charge in [-0.05, 0) is 38.0 Å². The Labute approximate surface area is 151 Å². The second kappa shape index (κ2) is 7.56. The molecule has 6 heteroatoms. The van der Waals surface area contributed by atoms with Gasteiger partial charge in [0, 0.05) is 24.7 Å². The molecule has 0 unspecified atom stereocenters. The van der Waals surface area contributed by atoms with Gasteiger partial charge in [0.2, 0.25) is 0 Å². The maximum Gasteiger partial charge on any atom is 0.261 e. The molecule has 1 heterocycles. The van der Waals surface area contributed by atoms with Crippen molar-refractivity contribution in [1.29, 1.82) is 0 Å². The van der Waals surface area contributed by atoms with Gasteiger partial charge in [-0.15, -0.1) is 0 Å². The van der Waals surface area contributed by atoms with Crippen LogP contribution in [-0.2, 0) is 6.42 Å². The first-order valence-electron chi connectivity index (χ1n) is 8.70. The highest BCUT2D eigenvalue weighted by molar-refractivity contribution is 6.01. The van der Waals surface area contributed by atoms with Crippen molar-refractivity contribution in [3.05, 3.63) is 63.1 Å². The first-order valence-corrected chi connectivity index (χ1v) is 8.70. The third kappa shape index (κ3) is 3.85. The van der Waals surface area contributed by atoms with E-state index in [4.69, 9.17) is 4.74 Å². The second-order valence-electron chi connectivity index (χ2n) is 6.57. The zero-order valence-electron chi connectivity index (χ0n) is 15.0. The van der Waals surface area contributed by atoms with Crippen molar-refractivity contribution in [2.45, 2.75) is 26.2 Å². The number of ether oxygens (including phenoxy) is 1. The Kier molecular flexibility index (Phi) is 5.21. The highest BCUT2D eigenvalue weighted by atomic mass is 16.5. The number of ketones is 1. The molecule has 1 amide bonds. The molecule has 0 radical (unpaired) electrons. The number of rotatable bonds is 5. The number of aryl methyl sites for hydroxylation is 2. The predicted molar refractivity (Wildman–Crippen MR) is 98.0 cm³/mol. The molecule has 0 atom stereocenters. The fourth-order valence-corrected chi connectivity index (χ4v) is 2.98. The van der Waals surface area contributed by atoms with Gasteiger partial charge in [-0.3, -0.25) is 14.4 Å². The van der Waals surface area contributed by atoms with Crippen LogP contribution in [-0.4, -0.2) is 41.8 Å². The lowest BCUT2D eigenvalue weighted by Crippen LogP contribution is -2.35. The summed E-state index contributed by atoms with van der Waals surface area (Å²) in [5, 5.41) is 0. The summed E-state index contributed by atoms with van der Waals surface area (Å²) in [6, 6.07) is 9.09. The van der Waals surface area contributed by atoms with E-state index in [-0.39, 0.29) is 11.3 Å². The average molecular weight is 354 g/mol. The Balaban J connectivity index is 1.66. The van der Waals surface area contributed by atoms with E-state index in [1.807, 2.05) is 31.2 Å². The highest BCUT2D eigenvalue weighted by Gasteiger charge is 2.23. The highest BCUT2D eigenvalue weighted by Crippen LogP contribution is 2.19. The van der Waals surface area contributed by atoms with Gasteiger partial charge in [0.15, 0.2) is 5.78 Å². The van der Waals surface area contributed by atoms with Crippen LogP contribution in [0.4, 0.5) is 0 Å². The average Bonchev–Trinajstić information content (AvgIpc) is 2.62. The van der Waals surface area contributed by atoms with Crippen LogP contribution >= 0.6 is 0 Å². The van der Waals surface area contributed by atoms with Crippen LogP contribution in [0.25, 0.3) is 0 Å². The fraction of sp³-hybridized carbons (Fsp3) is 0.350. The van der Waals surface area contributed by atoms with E-state index in [0.717, 1.165) is 17.7 Å². The van der Waals surface area contributed by atoms with Gasteiger partial charge in [-0.2, -0.15) is 0 Å². The summed E-state index contributed by atoms with van der Waals surface area (Å²) in [5.74, 6) is 0.288. The molecule has 2 aromatic rings. The molecule has 3 rings (SSSR count). The smallest absolute Gasteiger partial charge is 0.261 e. The summed E-state index contributed by atoms with van der Waals surface area (Å²) in [6.07, 6.45) is 1.84. The quantitative estimate of drug-likeness (QED) is 0.894. The number of nitrogens with zero attached hydrogens (tertiary/aromatic N) is 1. The number of carbonyl (C=O) groups is 2. The van der Waals surface area contributed by atoms with E-state index in [0.29, 0.717) is 37.3 Å². The van der Waals surface area contributed by atoms with Crippen LogP contribution in [0, 0.1) is 6.92 Å². The first-order chi connectivity index (χ1) is 12.5. The van der Waals surface area contributed by atoms with Crippen molar-refractivity contribution in [3.8, 4) is 5.75 Å². The topological polar surface area (TPSA) is 79.5 Å². The first kappa shape index (κ1) is 17.9. The zero-order chi connectivity index (χ0) is 18.7. The Morgan fingerprint density at radius 2 is 1.92 bits per heavy atom. The molecule has 1 aliphatic carbocycles. The van der Waals surface area contributed by atoms with E-state index in [2.05, 4.69) is 4.98 Å². The number of nitrogens with one attached hydrogen (secondary N) is 1. The van der Waals surface area contributed by atoms with Crippen LogP contribution in [0.1, 0.15) is 44.8 Å². The molecule has 0 saturated heterocycles. The Morgan fingerprint density at radius 1 is 1.19 bits per heavy atom. The molecule has 1 N–H and O–H groups in total. The Morgan fingerprint density at radius 3 is 2.65 bits per heavy atom. The number of aromatic amines is 1. The number of amides is 1. The lowest BCUT2D eigenvalue weighted by atomic mass is 9.93. The van der Waals surface area contributed by atoms with Crippen molar-refractivity contribution < 1.29 is 14.3 Å². The Hall–Kier alpha value is -2.89. The van der Waals surface area contributed by atoms with Gasteiger partial charge in [0.05, 0.1) is 6.54 Å². The number of H-pyrrole nitrogens is 1. The molecule has 1 aromatic carbocycles. The molecule has 0 fully saturated rings. The van der Waals surface area contributed by atoms with Gasteiger partial charge in [-0.1, -0.05) is 17.7 Å². The molecule has 136 valence electrons. The van der Waals surface area contributed by atoms with Crippen molar-refractivity contribution in [3.63, 3.8) is 0 Å². The molecule has 1 aliphatic rings. The van der Waals surface area contributed by atoms with Gasteiger partial charge in [-0.25, -0.2) is 0 Å². The molecule has 0 bridgehead atoms. The second-order valence-corrected chi connectivity index (χ2v) is 6.57. The van der Waals surface area contributed by atoms with Crippen molar-refractivity contribution >= 4 is 11.7 Å². The minimum absolute atomic E-state index is 0.00293. The van der Waals surface area contributed by atoms with Gasteiger partial charge >= 0.3 is 0 Å². The van der Waals surface area contributed by atoms with Crippen LogP contribution in [0.2, 0.25) is 0 Å². The summed E-state index contributed by atoms with van der Waals surface area (Å²) < 4.78 is 5.62. The van der Waals surface area contributed by atoms with Crippen molar-refractivity contribution in [1.82, 2.24) is 9.88 Å². The molecule has 0 saturated carbocycles. The van der Waals surface area contributed by atoms with Gasteiger partial charge < -0.3 is 14.6 Å². The molecule has 1 aromatic heterocycles. The van der Waals surface area contributed by atoms with Crippen LogP contribution in [0.15, 0.2) is 35.1 Å². The van der Waals surface area contributed by atoms with E-state index in [1.165, 1.54) is 11.0 Å². The molecular weight excluding hydrogens is 332 g/mol. The normalized spacial score (nSPS) is 13.2. The number of carbonyl (C=O) groups excluding carboxylic acids is 2. The summed E-state index contributed by atoms with van der Waals surface area (Å²) in [6.45, 7) is 2.64. The standard InChI is InChI=1S/C20H22N2O4/c1-13-6-8-14(9-7-13)26-11-10-22(2)20(25)16-12-15-17(21-19(16)24)4-3-5-18(15)23/h6-9,12H,3-5,10-11H2,1-2H3,(H,21,24). The van der Waals surface area contributed by atoms with Crippen molar-refractivity contribution in [2.24, 2.45) is 0 Å². The summed E-state index contributed by atoms with van der Waals surface area (Å²) in [5.41, 5.74) is 1.79. The Bertz CT molecular complexity index is 884. The maximum absolute atomic E-state index is 12.6. The SMILES string of the molecule is Cc1ccc(OCCN(C)C(=O)c2cc3c([nH]c2=O)CCCC3=O)cc1. The maximum atomic E-state index is 12.6. The molecule has 0 spiro atoms. The van der Waals surface area contributed by atoms with E-state index >= 15 is 0 Å². The lowest BCUT2D eigenvalue weighted by molar-refractivity contribution is 0.0772. The molecule has 0 aliphatic heterocycles. The zero-order valence-corrected chi connectivity index (χ0v) is 15.0. The predicted octanol–water partition coefficient (Wildman–Crippen LogP) is 2.35. The van der Waals surface area contributed by atoms with Crippen molar-refractivity contribution in [2.75, 3.05) is 20.2 Å². The van der Waals surface area contributed by atoms with Crippen LogP contribution in [0.5, 0.6) is 5.75 Å². The molecular formula is C20H22N2O4. The third-order valence-corrected chi connectivity index (χ3v) is 4.55. The lowest BCUT2D eigenvalue weighted by Gasteiger charge is -2.19. The number of hydrogen-bond donors (Lipinski definition) is 1. The number of benzene rings is 1. The minimum Gasteiger partial charge on any atom is -0.492 e. The number of likely N-dealkylation sites (N-methyl/N-ethyl adjacent to an activating group) is 1. The minimum atomic E-state index is -0.449. The number of Topliss-reactive ketones (excluding diaryl/α,β-unsaturated/α-hetero) is 1. The van der Waals surface area contributed by atoms with Gasteiger partial charge in [0.1, 0.15) is 17.9 Å². The van der Waals surface area contributed by atoms with E-state index in [1.54, 1.807) is 7.05 Å². The third-order valence-electron chi connectivity index (χ3n) is 4.55. The number of aromatic nitrogens is 1. The van der Waals surface area contributed by atoms with Gasteiger partial charge in [0.25, 0.3) is 11.5 Å². The van der Waals surface area contributed by atoms with Crippen LogP contribution in [0.3, 0.4) is 0 Å².